The maximum absolute atomic E-state index is 11.9. The number of carbonyl (C=O) groups is 1. The number of aliphatic hydroxyl groups excluding tert-OH is 1. The zero-order valence-corrected chi connectivity index (χ0v) is 11.3. The minimum Gasteiger partial charge on any atom is -0.492 e. The first kappa shape index (κ1) is 13.7. The average molecular weight is 264 g/mol. The Morgan fingerprint density at radius 2 is 2.21 bits per heavy atom. The third-order valence-electron chi connectivity index (χ3n) is 3.30. The van der Waals surface area contributed by atoms with Crippen LogP contribution in [0.15, 0.2) is 24.3 Å². The molecule has 0 aromatic heterocycles. The average Bonchev–Trinajstić information content (AvgIpc) is 2.42. The summed E-state index contributed by atoms with van der Waals surface area (Å²) in [6.45, 7) is 4.86. The molecule has 1 amide bonds. The van der Waals surface area contributed by atoms with Gasteiger partial charge >= 0.3 is 0 Å². The Morgan fingerprint density at radius 1 is 1.47 bits per heavy atom. The van der Waals surface area contributed by atoms with Crippen molar-refractivity contribution in [2.75, 3.05) is 24.7 Å². The molecular formula is C14H20N2O3. The zero-order chi connectivity index (χ0) is 13.8. The van der Waals surface area contributed by atoms with Crippen LogP contribution in [-0.4, -0.2) is 42.9 Å². The Labute approximate surface area is 113 Å². The van der Waals surface area contributed by atoms with Crippen molar-refractivity contribution in [2.45, 2.75) is 25.9 Å². The molecule has 2 atom stereocenters. The van der Waals surface area contributed by atoms with Gasteiger partial charge in [-0.25, -0.2) is 0 Å². The van der Waals surface area contributed by atoms with E-state index in [1.54, 1.807) is 0 Å². The van der Waals surface area contributed by atoms with Gasteiger partial charge in [-0.2, -0.15) is 0 Å². The SMILES string of the molecule is CCOc1ccccc1N1C(C)CNC(=O)C1CO. The van der Waals surface area contributed by atoms with E-state index in [0.29, 0.717) is 13.2 Å². The van der Waals surface area contributed by atoms with Crippen molar-refractivity contribution < 1.29 is 14.6 Å². The van der Waals surface area contributed by atoms with Crippen LogP contribution in [0.4, 0.5) is 5.69 Å². The van der Waals surface area contributed by atoms with Gasteiger partial charge in [-0.3, -0.25) is 4.79 Å². The first-order valence-electron chi connectivity index (χ1n) is 6.57. The summed E-state index contributed by atoms with van der Waals surface area (Å²) in [5, 5.41) is 12.3. The van der Waals surface area contributed by atoms with Crippen LogP contribution in [0.1, 0.15) is 13.8 Å². The Balaban J connectivity index is 2.39. The fourth-order valence-corrected chi connectivity index (χ4v) is 2.42. The van der Waals surface area contributed by atoms with Gasteiger partial charge in [0.1, 0.15) is 11.8 Å². The van der Waals surface area contributed by atoms with E-state index in [1.807, 2.05) is 43.0 Å². The summed E-state index contributed by atoms with van der Waals surface area (Å²) in [4.78, 5) is 13.8. The van der Waals surface area contributed by atoms with E-state index in [1.165, 1.54) is 0 Å². The fraction of sp³-hybridized carbons (Fsp3) is 0.500. The first-order valence-corrected chi connectivity index (χ1v) is 6.57. The van der Waals surface area contributed by atoms with Crippen LogP contribution in [0, 0.1) is 0 Å². The lowest BCUT2D eigenvalue weighted by Crippen LogP contribution is -2.61. The number of amides is 1. The number of rotatable bonds is 4. The Morgan fingerprint density at radius 3 is 2.89 bits per heavy atom. The summed E-state index contributed by atoms with van der Waals surface area (Å²) in [5.41, 5.74) is 0.853. The highest BCUT2D eigenvalue weighted by molar-refractivity contribution is 5.87. The van der Waals surface area contributed by atoms with Gasteiger partial charge in [0.15, 0.2) is 0 Å². The molecular weight excluding hydrogens is 244 g/mol. The Hall–Kier alpha value is -1.75. The van der Waals surface area contributed by atoms with E-state index in [0.717, 1.165) is 11.4 Å². The molecule has 1 aromatic rings. The largest absolute Gasteiger partial charge is 0.492 e. The van der Waals surface area contributed by atoms with Crippen LogP contribution in [0.25, 0.3) is 0 Å². The molecule has 2 N–H and O–H groups in total. The van der Waals surface area contributed by atoms with Crippen LogP contribution in [-0.2, 0) is 4.79 Å². The normalized spacial score (nSPS) is 23.1. The topological polar surface area (TPSA) is 61.8 Å². The number of hydrogen-bond donors (Lipinski definition) is 2. The van der Waals surface area contributed by atoms with Crippen molar-refractivity contribution in [3.8, 4) is 5.75 Å². The quantitative estimate of drug-likeness (QED) is 0.843. The monoisotopic (exact) mass is 264 g/mol. The van der Waals surface area contributed by atoms with Gasteiger partial charge in [0.05, 0.1) is 18.9 Å². The van der Waals surface area contributed by atoms with E-state index in [9.17, 15) is 9.90 Å². The predicted molar refractivity (Wildman–Crippen MR) is 73.4 cm³/mol. The molecule has 104 valence electrons. The van der Waals surface area contributed by atoms with Crippen molar-refractivity contribution in [1.29, 1.82) is 0 Å². The fourth-order valence-electron chi connectivity index (χ4n) is 2.42. The highest BCUT2D eigenvalue weighted by atomic mass is 16.5. The number of anilines is 1. The van der Waals surface area contributed by atoms with Crippen LogP contribution in [0.3, 0.4) is 0 Å². The molecule has 5 heteroatoms. The molecule has 1 fully saturated rings. The summed E-state index contributed by atoms with van der Waals surface area (Å²) in [5.74, 6) is 0.594. The molecule has 1 heterocycles. The van der Waals surface area contributed by atoms with E-state index in [4.69, 9.17) is 4.74 Å². The van der Waals surface area contributed by atoms with Crippen molar-refractivity contribution in [3.05, 3.63) is 24.3 Å². The highest BCUT2D eigenvalue weighted by Gasteiger charge is 2.34. The van der Waals surface area contributed by atoms with Gasteiger partial charge < -0.3 is 20.1 Å². The van der Waals surface area contributed by atoms with E-state index >= 15 is 0 Å². The molecule has 0 saturated carbocycles. The van der Waals surface area contributed by atoms with Gasteiger partial charge in [0.2, 0.25) is 5.91 Å². The number of benzene rings is 1. The Kier molecular flexibility index (Phi) is 4.27. The van der Waals surface area contributed by atoms with E-state index in [-0.39, 0.29) is 18.6 Å². The number of aliphatic hydroxyl groups is 1. The summed E-state index contributed by atoms with van der Waals surface area (Å²) >= 11 is 0. The number of para-hydroxylation sites is 2. The lowest BCUT2D eigenvalue weighted by Gasteiger charge is -2.41. The minimum absolute atomic E-state index is 0.108. The minimum atomic E-state index is -0.564. The summed E-state index contributed by atoms with van der Waals surface area (Å²) < 4.78 is 5.61. The molecule has 5 nitrogen and oxygen atoms in total. The molecule has 1 aromatic carbocycles. The second-order valence-electron chi connectivity index (χ2n) is 4.60. The molecule has 2 unspecified atom stereocenters. The standard InChI is InChI=1S/C14H20N2O3/c1-3-19-13-7-5-4-6-11(13)16-10(2)8-15-14(18)12(16)9-17/h4-7,10,12,17H,3,8-9H2,1-2H3,(H,15,18). The van der Waals surface area contributed by atoms with E-state index in [2.05, 4.69) is 5.32 Å². The third-order valence-corrected chi connectivity index (χ3v) is 3.30. The first-order chi connectivity index (χ1) is 9.19. The molecule has 2 rings (SSSR count). The molecule has 1 aliphatic heterocycles. The van der Waals surface area contributed by atoms with Gasteiger partial charge in [-0.1, -0.05) is 12.1 Å². The third kappa shape index (κ3) is 2.66. The van der Waals surface area contributed by atoms with Gasteiger partial charge in [0, 0.05) is 12.6 Å². The van der Waals surface area contributed by atoms with Crippen molar-refractivity contribution in [1.82, 2.24) is 5.32 Å². The summed E-state index contributed by atoms with van der Waals surface area (Å²) in [6.07, 6.45) is 0. The maximum Gasteiger partial charge on any atom is 0.245 e. The van der Waals surface area contributed by atoms with Gasteiger partial charge in [0.25, 0.3) is 0 Å². The second kappa shape index (κ2) is 5.93. The smallest absolute Gasteiger partial charge is 0.245 e. The molecule has 0 aliphatic carbocycles. The number of piperazine rings is 1. The molecule has 0 bridgehead atoms. The molecule has 0 radical (unpaired) electrons. The van der Waals surface area contributed by atoms with Crippen LogP contribution >= 0.6 is 0 Å². The molecule has 1 saturated heterocycles. The number of nitrogens with one attached hydrogen (secondary N) is 1. The highest BCUT2D eigenvalue weighted by Crippen LogP contribution is 2.32. The van der Waals surface area contributed by atoms with Crippen molar-refractivity contribution >= 4 is 11.6 Å². The Bertz CT molecular complexity index is 450. The molecule has 1 aliphatic rings. The zero-order valence-electron chi connectivity index (χ0n) is 11.3. The summed E-state index contributed by atoms with van der Waals surface area (Å²) in [6, 6.07) is 7.15. The van der Waals surface area contributed by atoms with Gasteiger partial charge in [-0.05, 0) is 26.0 Å². The number of ether oxygens (including phenoxy) is 1. The lowest BCUT2D eigenvalue weighted by atomic mass is 10.1. The maximum atomic E-state index is 11.9. The van der Waals surface area contributed by atoms with Crippen LogP contribution in [0.5, 0.6) is 5.75 Å². The van der Waals surface area contributed by atoms with Crippen LogP contribution in [0.2, 0.25) is 0 Å². The van der Waals surface area contributed by atoms with Crippen LogP contribution < -0.4 is 15.0 Å². The van der Waals surface area contributed by atoms with Crippen molar-refractivity contribution in [3.63, 3.8) is 0 Å². The second-order valence-corrected chi connectivity index (χ2v) is 4.60. The molecule has 19 heavy (non-hydrogen) atoms. The van der Waals surface area contributed by atoms with E-state index < -0.39 is 6.04 Å². The van der Waals surface area contributed by atoms with Gasteiger partial charge in [-0.15, -0.1) is 0 Å². The van der Waals surface area contributed by atoms with Crippen molar-refractivity contribution in [2.24, 2.45) is 0 Å². The number of nitrogens with zero attached hydrogens (tertiary/aromatic N) is 1. The molecule has 0 spiro atoms. The predicted octanol–water partition coefficient (Wildman–Crippen LogP) is 0.771. The summed E-state index contributed by atoms with van der Waals surface area (Å²) in [7, 11) is 0. The number of hydrogen-bond acceptors (Lipinski definition) is 4. The number of carbonyl (C=O) groups excluding carboxylic acids is 1. The lowest BCUT2D eigenvalue weighted by molar-refractivity contribution is -0.124.